The summed E-state index contributed by atoms with van der Waals surface area (Å²) in [5, 5.41) is 0. The Morgan fingerprint density at radius 3 is 2.73 bits per heavy atom. The number of hydrogen-bond donors (Lipinski definition) is 1. The fourth-order valence-corrected chi connectivity index (χ4v) is 0.681. The maximum absolute atomic E-state index is 10.3. The summed E-state index contributed by atoms with van der Waals surface area (Å²) >= 11 is 5.24. The molecule has 0 aromatic carbocycles. The van der Waals surface area contributed by atoms with E-state index in [0.29, 0.717) is 0 Å². The molecule has 60 valence electrons. The Bertz CT molecular complexity index is 219. The van der Waals surface area contributed by atoms with Crippen LogP contribution in [0.1, 0.15) is 6.92 Å². The van der Waals surface area contributed by atoms with E-state index in [1.165, 1.54) is 18.5 Å². The third-order valence-corrected chi connectivity index (χ3v) is 1.11. The predicted octanol–water partition coefficient (Wildman–Crippen LogP) is 1.23. The lowest BCUT2D eigenvalue weighted by molar-refractivity contribution is 0.104. The smallest absolute Gasteiger partial charge is 0.406 e. The Labute approximate surface area is 70.2 Å². The Balaban J connectivity index is 4.37. The van der Waals surface area contributed by atoms with Crippen LogP contribution in [-0.4, -0.2) is 11.7 Å². The van der Waals surface area contributed by atoms with E-state index in [9.17, 15) is 4.79 Å². The molecule has 1 unspecified atom stereocenters. The topological polar surface area (TPSA) is 52.3 Å². The molecule has 0 saturated carbocycles. The Morgan fingerprint density at radius 1 is 1.91 bits per heavy atom. The van der Waals surface area contributed by atoms with E-state index in [2.05, 4.69) is 10.7 Å². The summed E-state index contributed by atoms with van der Waals surface area (Å²) in [5.74, 6) is 2.22. The number of nitrogens with two attached hydrogens (primary N) is 1. The van der Waals surface area contributed by atoms with Crippen molar-refractivity contribution in [1.82, 2.24) is 0 Å². The zero-order valence-electron chi connectivity index (χ0n) is 6.00. The van der Waals surface area contributed by atoms with E-state index >= 15 is 0 Å². The van der Waals surface area contributed by atoms with E-state index in [1.807, 2.05) is 0 Å². The van der Waals surface area contributed by atoms with Crippen LogP contribution in [0.15, 0.2) is 11.6 Å². The van der Waals surface area contributed by atoms with Gasteiger partial charge < -0.3 is 10.5 Å². The highest BCUT2D eigenvalue weighted by Gasteiger charge is 2.20. The van der Waals surface area contributed by atoms with Crippen molar-refractivity contribution in [2.45, 2.75) is 12.5 Å². The molecule has 0 aromatic rings. The monoisotopic (exact) mass is 173 g/mol. The van der Waals surface area contributed by atoms with Crippen molar-refractivity contribution in [3.05, 3.63) is 11.6 Å². The molecule has 0 heterocycles. The first-order valence-corrected chi connectivity index (χ1v) is 3.22. The average molecular weight is 174 g/mol. The van der Waals surface area contributed by atoms with Gasteiger partial charge in [0.05, 0.1) is 0 Å². The largest absolute Gasteiger partial charge is 0.426 e. The molecule has 0 aliphatic carbocycles. The molecule has 0 radical (unpaired) electrons. The summed E-state index contributed by atoms with van der Waals surface area (Å²) in [6, 6.07) is 0. The second-order valence-electron chi connectivity index (χ2n) is 1.97. The van der Waals surface area contributed by atoms with Crippen molar-refractivity contribution in [3.63, 3.8) is 0 Å². The number of hydrogen-bond acceptors (Lipinski definition) is 2. The summed E-state index contributed by atoms with van der Waals surface area (Å²) in [6.07, 6.45) is 5.46. The molecular weight excluding hydrogens is 166 g/mol. The second kappa shape index (κ2) is 3.89. The number of carbonyl (C=O) groups excluding carboxylic acids is 1. The molecule has 0 spiro atoms. The highest BCUT2D eigenvalue weighted by Crippen LogP contribution is 2.10. The standard InChI is InChI=1S/C7H8ClNO2/c1-3-7(2,4-5-8)11-6(9)10/h1,4-5H,2H3,(H2,9,10)/b5-4+. The number of rotatable bonds is 2. The van der Waals surface area contributed by atoms with E-state index in [4.69, 9.17) is 23.8 Å². The summed E-state index contributed by atoms with van der Waals surface area (Å²) < 4.78 is 4.56. The summed E-state index contributed by atoms with van der Waals surface area (Å²) in [7, 11) is 0. The molecule has 3 nitrogen and oxygen atoms in total. The summed E-state index contributed by atoms with van der Waals surface area (Å²) in [4.78, 5) is 10.3. The van der Waals surface area contributed by atoms with Gasteiger partial charge in [0.2, 0.25) is 0 Å². The molecule has 1 amide bonds. The molecular formula is C7H8ClNO2. The van der Waals surface area contributed by atoms with Gasteiger partial charge in [-0.2, -0.15) is 0 Å². The van der Waals surface area contributed by atoms with Crippen LogP contribution in [0.5, 0.6) is 0 Å². The lowest BCUT2D eigenvalue weighted by Gasteiger charge is -2.17. The minimum absolute atomic E-state index is 0.930. The number of ether oxygens (including phenoxy) is 1. The van der Waals surface area contributed by atoms with Gasteiger partial charge in [0, 0.05) is 5.54 Å². The SMILES string of the molecule is C#CC(C)(/C=C/Cl)OC(N)=O. The van der Waals surface area contributed by atoms with Crippen LogP contribution >= 0.6 is 11.6 Å². The number of amides is 1. The molecule has 0 aromatic heterocycles. The van der Waals surface area contributed by atoms with Crippen LogP contribution in [0.2, 0.25) is 0 Å². The first-order valence-electron chi connectivity index (χ1n) is 2.78. The van der Waals surface area contributed by atoms with Crippen LogP contribution in [0, 0.1) is 12.3 Å². The van der Waals surface area contributed by atoms with Crippen molar-refractivity contribution in [2.75, 3.05) is 0 Å². The second-order valence-corrected chi connectivity index (χ2v) is 2.22. The van der Waals surface area contributed by atoms with Gasteiger partial charge in [0.1, 0.15) is 0 Å². The number of terminal acetylenes is 1. The molecule has 0 rings (SSSR count). The van der Waals surface area contributed by atoms with Crippen molar-refractivity contribution in [2.24, 2.45) is 5.73 Å². The van der Waals surface area contributed by atoms with Crippen LogP contribution in [-0.2, 0) is 4.74 Å². The van der Waals surface area contributed by atoms with Crippen LogP contribution < -0.4 is 5.73 Å². The van der Waals surface area contributed by atoms with Gasteiger partial charge in [-0.15, -0.1) is 6.42 Å². The molecule has 0 aliphatic rings. The third-order valence-electron chi connectivity index (χ3n) is 0.980. The molecule has 4 heteroatoms. The van der Waals surface area contributed by atoms with Gasteiger partial charge in [-0.05, 0) is 13.0 Å². The van der Waals surface area contributed by atoms with Gasteiger partial charge >= 0.3 is 6.09 Å². The van der Waals surface area contributed by atoms with Crippen molar-refractivity contribution < 1.29 is 9.53 Å². The fraction of sp³-hybridized carbons (Fsp3) is 0.286. The molecule has 11 heavy (non-hydrogen) atoms. The quantitative estimate of drug-likeness (QED) is 0.639. The lowest BCUT2D eigenvalue weighted by atomic mass is 10.1. The Morgan fingerprint density at radius 2 is 2.45 bits per heavy atom. The first-order chi connectivity index (χ1) is 5.04. The van der Waals surface area contributed by atoms with Crippen molar-refractivity contribution in [1.29, 1.82) is 0 Å². The lowest BCUT2D eigenvalue weighted by Crippen LogP contribution is -2.30. The van der Waals surface area contributed by atoms with Gasteiger partial charge in [-0.1, -0.05) is 17.5 Å². The van der Waals surface area contributed by atoms with Crippen LogP contribution in [0.4, 0.5) is 4.79 Å². The van der Waals surface area contributed by atoms with Gasteiger partial charge in [-0.3, -0.25) is 0 Å². The summed E-state index contributed by atoms with van der Waals surface area (Å²) in [6.45, 7) is 1.50. The van der Waals surface area contributed by atoms with Gasteiger partial charge in [0.15, 0.2) is 5.60 Å². The van der Waals surface area contributed by atoms with Gasteiger partial charge in [-0.25, -0.2) is 4.79 Å². The molecule has 2 N–H and O–H groups in total. The molecule has 0 aliphatic heterocycles. The Kier molecular flexibility index (Phi) is 3.49. The predicted molar refractivity (Wildman–Crippen MR) is 42.9 cm³/mol. The van der Waals surface area contributed by atoms with Crippen molar-refractivity contribution >= 4 is 17.7 Å². The minimum atomic E-state index is -1.15. The van der Waals surface area contributed by atoms with Gasteiger partial charge in [0.25, 0.3) is 0 Å². The molecule has 0 saturated heterocycles. The normalized spacial score (nSPS) is 15.4. The summed E-state index contributed by atoms with van der Waals surface area (Å²) in [5.41, 5.74) is 4.77. The van der Waals surface area contributed by atoms with Crippen LogP contribution in [0.25, 0.3) is 0 Å². The average Bonchev–Trinajstić information content (AvgIpc) is 1.87. The number of carbonyl (C=O) groups is 1. The highest BCUT2D eigenvalue weighted by atomic mass is 35.5. The maximum atomic E-state index is 10.3. The zero-order valence-corrected chi connectivity index (χ0v) is 6.76. The number of primary amides is 1. The maximum Gasteiger partial charge on any atom is 0.406 e. The van der Waals surface area contributed by atoms with E-state index in [1.54, 1.807) is 0 Å². The van der Waals surface area contributed by atoms with Crippen LogP contribution in [0.3, 0.4) is 0 Å². The fourth-order valence-electron chi connectivity index (χ4n) is 0.441. The van der Waals surface area contributed by atoms with Crippen molar-refractivity contribution in [3.8, 4) is 12.3 Å². The molecule has 0 bridgehead atoms. The van der Waals surface area contributed by atoms with E-state index in [-0.39, 0.29) is 0 Å². The molecule has 1 atom stereocenters. The van der Waals surface area contributed by atoms with E-state index < -0.39 is 11.7 Å². The minimum Gasteiger partial charge on any atom is -0.426 e. The van der Waals surface area contributed by atoms with E-state index in [0.717, 1.165) is 0 Å². The Hall–Kier alpha value is -1.14. The number of halogens is 1. The first kappa shape index (κ1) is 9.86. The zero-order chi connectivity index (χ0) is 8.91. The highest BCUT2D eigenvalue weighted by molar-refractivity contribution is 6.25. The third kappa shape index (κ3) is 3.54. The molecule has 0 fully saturated rings.